The van der Waals surface area contributed by atoms with Crippen molar-refractivity contribution in [2.45, 2.75) is 57.8 Å². The zero-order valence-electron chi connectivity index (χ0n) is 19.2. The Balaban J connectivity index is 0.000000499. The third-order valence-electron chi connectivity index (χ3n) is 6.04. The zero-order chi connectivity index (χ0) is 24.5. The molecule has 1 fully saturated rings. The second-order valence-corrected chi connectivity index (χ2v) is 10.1. The second-order valence-electron chi connectivity index (χ2n) is 9.39. The summed E-state index contributed by atoms with van der Waals surface area (Å²) in [6.45, 7) is 2.60. The lowest BCUT2D eigenvalue weighted by Crippen LogP contribution is -2.15. The molecule has 3 aromatic heterocycles. The van der Waals surface area contributed by atoms with Crippen molar-refractivity contribution in [1.82, 2.24) is 19.5 Å². The average Bonchev–Trinajstić information content (AvgIpc) is 3.38. The molecule has 0 radical (unpaired) electrons. The van der Waals surface area contributed by atoms with Crippen molar-refractivity contribution < 1.29 is 10.2 Å². The predicted molar refractivity (Wildman–Crippen MR) is 137 cm³/mol. The number of aliphatic hydroxyl groups is 2. The first-order chi connectivity index (χ1) is 16.1. The maximum atomic E-state index is 8.08. The van der Waals surface area contributed by atoms with Gasteiger partial charge in [0.15, 0.2) is 5.79 Å². The molecular weight excluding hydrogens is 473 g/mol. The molecule has 2 unspecified atom stereocenters. The van der Waals surface area contributed by atoms with Crippen LogP contribution in [-0.2, 0) is 6.42 Å². The highest BCUT2D eigenvalue weighted by Crippen LogP contribution is 2.38. The van der Waals surface area contributed by atoms with Crippen LogP contribution in [0, 0.1) is 5.92 Å². The molecule has 3 heterocycles. The normalized spacial score (nSPS) is 18.3. The first-order valence-electron chi connectivity index (χ1n) is 11.4. The first kappa shape index (κ1) is 24.7. The average molecular weight is 502 g/mol. The maximum absolute atomic E-state index is 8.08. The number of nitrogen functional groups attached to an aromatic ring is 1. The van der Waals surface area contributed by atoms with E-state index in [1.165, 1.54) is 45.1 Å². The molecule has 0 spiro atoms. The van der Waals surface area contributed by atoms with Crippen LogP contribution in [-0.4, -0.2) is 35.5 Å². The number of nitrogens with two attached hydrogens (primary N) is 1. The molecule has 0 amide bonds. The van der Waals surface area contributed by atoms with Gasteiger partial charge in [-0.15, -0.1) is 0 Å². The van der Waals surface area contributed by atoms with Crippen LogP contribution < -0.4 is 5.73 Å². The van der Waals surface area contributed by atoms with Crippen molar-refractivity contribution in [3.05, 3.63) is 58.6 Å². The van der Waals surface area contributed by atoms with Gasteiger partial charge >= 0.3 is 0 Å². The van der Waals surface area contributed by atoms with Gasteiger partial charge in [0.25, 0.3) is 0 Å². The highest BCUT2D eigenvalue weighted by molar-refractivity contribution is 6.33. The highest BCUT2D eigenvalue weighted by Gasteiger charge is 2.26. The lowest BCUT2D eigenvalue weighted by Gasteiger charge is -2.14. The van der Waals surface area contributed by atoms with Crippen molar-refractivity contribution >= 4 is 51.0 Å². The van der Waals surface area contributed by atoms with E-state index in [-0.39, 0.29) is 0 Å². The largest absolute Gasteiger partial charge is 0.382 e. The Kier molecular flexibility index (Phi) is 7.28. The molecule has 4 N–H and O–H groups in total. The van der Waals surface area contributed by atoms with Crippen LogP contribution in [0.2, 0.25) is 10.3 Å². The summed E-state index contributed by atoms with van der Waals surface area (Å²) in [4.78, 5) is 12.9. The van der Waals surface area contributed by atoms with Crippen molar-refractivity contribution in [3.63, 3.8) is 0 Å². The number of hydrogen-bond donors (Lipinski definition) is 3. The smallest absolute Gasteiger partial charge is 0.224 e. The summed E-state index contributed by atoms with van der Waals surface area (Å²) in [5.74, 6) is -0.411. The molecule has 1 aromatic carbocycles. The Hall–Kier alpha value is -2.45. The standard InChI is InChI=1S/C22H21Cl2N5.C3H8O2/c23-18-11-15-5-3-14(10-19(15)27-20(18)25)2-1-13-4-6-17(9-13)29-8-7-16-12-26-22(24)28-21(16)29;1-3(2,4)5/h3,5,7-8,10-13,17H,1-2,4,6,9H2,(H2,25,27);4-5H,1-2H3. The van der Waals surface area contributed by atoms with Gasteiger partial charge in [-0.1, -0.05) is 23.7 Å². The Bertz CT molecular complexity index is 1300. The van der Waals surface area contributed by atoms with E-state index in [2.05, 4.69) is 50.0 Å². The summed E-state index contributed by atoms with van der Waals surface area (Å²) in [5.41, 5.74) is 8.99. The van der Waals surface area contributed by atoms with Gasteiger partial charge in [0.05, 0.1) is 10.5 Å². The summed E-state index contributed by atoms with van der Waals surface area (Å²) in [6, 6.07) is 10.8. The van der Waals surface area contributed by atoms with Crippen LogP contribution in [0.3, 0.4) is 0 Å². The number of aromatic nitrogens is 4. The zero-order valence-corrected chi connectivity index (χ0v) is 20.8. The number of nitrogens with zero attached hydrogens (tertiary/aromatic N) is 4. The molecule has 2 atom stereocenters. The Labute approximate surface area is 208 Å². The third-order valence-corrected chi connectivity index (χ3v) is 6.52. The number of hydrogen-bond acceptors (Lipinski definition) is 6. The first-order valence-corrected chi connectivity index (χ1v) is 12.1. The molecule has 5 rings (SSSR count). The van der Waals surface area contributed by atoms with Crippen LogP contribution in [0.15, 0.2) is 42.7 Å². The molecule has 7 nitrogen and oxygen atoms in total. The molecule has 4 aromatic rings. The van der Waals surface area contributed by atoms with Gasteiger partial charge in [-0.3, -0.25) is 0 Å². The predicted octanol–water partition coefficient (Wildman–Crippen LogP) is 5.55. The minimum Gasteiger partial charge on any atom is -0.382 e. The van der Waals surface area contributed by atoms with E-state index in [1.54, 1.807) is 6.20 Å². The molecule has 1 saturated carbocycles. The number of aryl methyl sites for hydroxylation is 1. The minimum atomic E-state index is -1.50. The molecule has 34 heavy (non-hydrogen) atoms. The number of halogens is 2. The minimum absolute atomic E-state index is 0.304. The van der Waals surface area contributed by atoms with Crippen LogP contribution in [0.4, 0.5) is 5.82 Å². The molecular formula is C25H29Cl2N5O2. The van der Waals surface area contributed by atoms with Crippen molar-refractivity contribution in [1.29, 1.82) is 0 Å². The second kappa shape index (κ2) is 10.0. The van der Waals surface area contributed by atoms with Crippen molar-refractivity contribution in [2.24, 2.45) is 5.92 Å². The van der Waals surface area contributed by atoms with Crippen LogP contribution in [0.1, 0.15) is 51.1 Å². The lowest BCUT2D eigenvalue weighted by atomic mass is 9.97. The van der Waals surface area contributed by atoms with Gasteiger partial charge in [0.1, 0.15) is 11.5 Å². The van der Waals surface area contributed by atoms with E-state index in [4.69, 9.17) is 39.1 Å². The molecule has 1 aliphatic carbocycles. The number of benzene rings is 1. The van der Waals surface area contributed by atoms with E-state index >= 15 is 0 Å². The third kappa shape index (κ3) is 6.16. The van der Waals surface area contributed by atoms with E-state index in [9.17, 15) is 0 Å². The molecule has 1 aliphatic rings. The lowest BCUT2D eigenvalue weighted by molar-refractivity contribution is -0.127. The van der Waals surface area contributed by atoms with Crippen molar-refractivity contribution in [2.75, 3.05) is 5.73 Å². The fourth-order valence-electron chi connectivity index (χ4n) is 4.50. The van der Waals surface area contributed by atoms with Gasteiger partial charge in [0, 0.05) is 29.2 Å². The van der Waals surface area contributed by atoms with Gasteiger partial charge in [-0.25, -0.2) is 9.97 Å². The fraction of sp³-hybridized carbons (Fsp3) is 0.400. The van der Waals surface area contributed by atoms with E-state index < -0.39 is 5.79 Å². The summed E-state index contributed by atoms with van der Waals surface area (Å²) >= 11 is 12.1. The molecule has 0 aliphatic heterocycles. The van der Waals surface area contributed by atoms with E-state index in [0.717, 1.165) is 28.4 Å². The Morgan fingerprint density at radius 1 is 1.09 bits per heavy atom. The maximum Gasteiger partial charge on any atom is 0.224 e. The number of pyridine rings is 1. The van der Waals surface area contributed by atoms with Crippen LogP contribution >= 0.6 is 23.2 Å². The van der Waals surface area contributed by atoms with E-state index in [1.807, 2.05) is 6.07 Å². The summed E-state index contributed by atoms with van der Waals surface area (Å²) in [6.07, 6.45) is 9.69. The Morgan fingerprint density at radius 3 is 2.62 bits per heavy atom. The molecule has 0 bridgehead atoms. The SMILES string of the molecule is CC(C)(O)O.Nc1nc2cc(CCC3CCC(n4ccc5cnc(Cl)nc54)C3)ccc2cc1Cl. The summed E-state index contributed by atoms with van der Waals surface area (Å²) in [5, 5.41) is 19.0. The number of rotatable bonds is 4. The van der Waals surface area contributed by atoms with Gasteiger partial charge < -0.3 is 20.5 Å². The highest BCUT2D eigenvalue weighted by atomic mass is 35.5. The van der Waals surface area contributed by atoms with Crippen LogP contribution in [0.25, 0.3) is 21.9 Å². The summed E-state index contributed by atoms with van der Waals surface area (Å²) in [7, 11) is 0. The van der Waals surface area contributed by atoms with Gasteiger partial charge in [-0.2, -0.15) is 4.98 Å². The number of fused-ring (bicyclic) bond motifs is 2. The fourth-order valence-corrected chi connectivity index (χ4v) is 4.79. The number of anilines is 1. The molecule has 9 heteroatoms. The van der Waals surface area contributed by atoms with Crippen molar-refractivity contribution in [3.8, 4) is 0 Å². The van der Waals surface area contributed by atoms with Gasteiger partial charge in [-0.05, 0) is 87.2 Å². The Morgan fingerprint density at radius 2 is 1.85 bits per heavy atom. The topological polar surface area (TPSA) is 110 Å². The summed E-state index contributed by atoms with van der Waals surface area (Å²) < 4.78 is 2.27. The van der Waals surface area contributed by atoms with E-state index in [0.29, 0.717) is 28.1 Å². The monoisotopic (exact) mass is 501 g/mol. The van der Waals surface area contributed by atoms with Crippen LogP contribution in [0.5, 0.6) is 0 Å². The van der Waals surface area contributed by atoms with Gasteiger partial charge in [0.2, 0.25) is 5.28 Å². The molecule has 0 saturated heterocycles. The quantitative estimate of drug-likeness (QED) is 0.249. The molecule has 180 valence electrons.